The van der Waals surface area contributed by atoms with Gasteiger partial charge in [0, 0.05) is 37.6 Å². The van der Waals surface area contributed by atoms with E-state index in [0.29, 0.717) is 24.7 Å². The third-order valence-corrected chi connectivity index (χ3v) is 5.36. The van der Waals surface area contributed by atoms with Gasteiger partial charge in [-0.25, -0.2) is 4.98 Å². The maximum Gasteiger partial charge on any atom is 0.255 e. The lowest BCUT2D eigenvalue weighted by Crippen LogP contribution is -2.45. The van der Waals surface area contributed by atoms with Crippen molar-refractivity contribution in [3.8, 4) is 11.3 Å². The molecule has 6 nitrogen and oxygen atoms in total. The van der Waals surface area contributed by atoms with E-state index in [1.54, 1.807) is 30.1 Å². The first-order chi connectivity index (χ1) is 14.0. The van der Waals surface area contributed by atoms with Crippen molar-refractivity contribution in [3.05, 3.63) is 76.3 Å². The summed E-state index contributed by atoms with van der Waals surface area (Å²) in [5.41, 5.74) is 3.92. The average Bonchev–Trinajstić information content (AvgIpc) is 2.75. The summed E-state index contributed by atoms with van der Waals surface area (Å²) in [6, 6.07) is 13.8. The Hall–Kier alpha value is -2.99. The lowest BCUT2D eigenvalue weighted by Gasteiger charge is -2.38. The van der Waals surface area contributed by atoms with Crippen molar-refractivity contribution in [1.82, 2.24) is 14.5 Å². The minimum Gasteiger partial charge on any atom is -0.367 e. The molecule has 29 heavy (non-hydrogen) atoms. The van der Waals surface area contributed by atoms with E-state index in [4.69, 9.17) is 9.72 Å². The van der Waals surface area contributed by atoms with Gasteiger partial charge in [0.2, 0.25) is 5.95 Å². The fourth-order valence-corrected chi connectivity index (χ4v) is 3.79. The Morgan fingerprint density at radius 3 is 2.69 bits per heavy atom. The lowest BCUT2D eigenvalue weighted by molar-refractivity contribution is -0.0180. The zero-order valence-corrected chi connectivity index (χ0v) is 17.1. The summed E-state index contributed by atoms with van der Waals surface area (Å²) in [4.78, 5) is 23.7. The van der Waals surface area contributed by atoms with Gasteiger partial charge in [0.15, 0.2) is 0 Å². The van der Waals surface area contributed by atoms with Crippen LogP contribution in [0.3, 0.4) is 0 Å². The molecule has 1 aliphatic rings. The molecule has 2 atom stereocenters. The highest BCUT2D eigenvalue weighted by atomic mass is 16.5. The van der Waals surface area contributed by atoms with Crippen molar-refractivity contribution in [2.75, 3.05) is 18.0 Å². The van der Waals surface area contributed by atoms with Crippen LogP contribution in [-0.2, 0) is 18.2 Å². The Balaban J connectivity index is 1.70. The summed E-state index contributed by atoms with van der Waals surface area (Å²) in [6.07, 6.45) is 4.38. The van der Waals surface area contributed by atoms with Crippen LogP contribution in [0.1, 0.15) is 31.1 Å². The largest absolute Gasteiger partial charge is 0.367 e. The molecule has 0 bridgehead atoms. The Morgan fingerprint density at radius 1 is 1.14 bits per heavy atom. The molecule has 1 aliphatic heterocycles. The number of aromatic nitrogens is 3. The molecule has 4 rings (SSSR count). The van der Waals surface area contributed by atoms with Crippen LogP contribution in [-0.4, -0.2) is 33.7 Å². The predicted octanol–water partition coefficient (Wildman–Crippen LogP) is 3.37. The van der Waals surface area contributed by atoms with Gasteiger partial charge in [0.1, 0.15) is 6.10 Å². The van der Waals surface area contributed by atoms with Crippen LogP contribution in [0, 0.1) is 0 Å². The smallest absolute Gasteiger partial charge is 0.255 e. The van der Waals surface area contributed by atoms with Crippen LogP contribution >= 0.6 is 0 Å². The van der Waals surface area contributed by atoms with E-state index in [-0.39, 0.29) is 17.8 Å². The van der Waals surface area contributed by atoms with E-state index in [9.17, 15) is 4.79 Å². The second-order valence-corrected chi connectivity index (χ2v) is 7.51. The van der Waals surface area contributed by atoms with Crippen LogP contribution < -0.4 is 10.5 Å². The van der Waals surface area contributed by atoms with Crippen LogP contribution in [0.4, 0.5) is 5.95 Å². The molecule has 0 aliphatic carbocycles. The fourth-order valence-electron chi connectivity index (χ4n) is 3.79. The number of pyridine rings is 1. The molecule has 2 aromatic heterocycles. The number of morpholine rings is 1. The Bertz CT molecular complexity index is 1050. The molecule has 150 valence electrons. The zero-order valence-electron chi connectivity index (χ0n) is 17.1. The van der Waals surface area contributed by atoms with Crippen molar-refractivity contribution in [2.45, 2.75) is 32.5 Å². The van der Waals surface area contributed by atoms with E-state index >= 15 is 0 Å². The number of aryl methyl sites for hydroxylation is 1. The quantitative estimate of drug-likeness (QED) is 0.684. The van der Waals surface area contributed by atoms with Crippen molar-refractivity contribution in [2.24, 2.45) is 7.05 Å². The molecule has 0 radical (unpaired) electrons. The van der Waals surface area contributed by atoms with Gasteiger partial charge in [-0.15, -0.1) is 0 Å². The van der Waals surface area contributed by atoms with Gasteiger partial charge in [-0.3, -0.25) is 14.3 Å². The van der Waals surface area contributed by atoms with Gasteiger partial charge in [-0.05, 0) is 36.6 Å². The highest BCUT2D eigenvalue weighted by molar-refractivity contribution is 5.59. The third-order valence-electron chi connectivity index (χ3n) is 5.36. The molecule has 0 spiro atoms. The number of hydrogen-bond donors (Lipinski definition) is 0. The molecule has 3 aromatic rings. The first-order valence-corrected chi connectivity index (χ1v) is 10.0. The Morgan fingerprint density at radius 2 is 1.93 bits per heavy atom. The molecule has 1 fully saturated rings. The average molecular weight is 390 g/mol. The van der Waals surface area contributed by atoms with Gasteiger partial charge in [-0.2, -0.15) is 0 Å². The number of hydrogen-bond acceptors (Lipinski definition) is 5. The van der Waals surface area contributed by atoms with E-state index in [1.165, 1.54) is 5.56 Å². The monoisotopic (exact) mass is 390 g/mol. The topological polar surface area (TPSA) is 60.2 Å². The van der Waals surface area contributed by atoms with E-state index in [0.717, 1.165) is 17.5 Å². The first kappa shape index (κ1) is 19.3. The summed E-state index contributed by atoms with van der Waals surface area (Å²) < 4.78 is 7.86. The van der Waals surface area contributed by atoms with Crippen LogP contribution in [0.15, 0.2) is 59.7 Å². The minimum atomic E-state index is -0.0783. The molecule has 0 amide bonds. The maximum absolute atomic E-state index is 12.6. The van der Waals surface area contributed by atoms with E-state index in [1.807, 2.05) is 12.1 Å². The number of rotatable bonds is 4. The highest BCUT2D eigenvalue weighted by Crippen LogP contribution is 2.29. The van der Waals surface area contributed by atoms with Gasteiger partial charge >= 0.3 is 0 Å². The summed E-state index contributed by atoms with van der Waals surface area (Å²) in [5.74, 6) is 0.663. The number of ether oxygens (including phenoxy) is 1. The van der Waals surface area contributed by atoms with Gasteiger partial charge in [0.05, 0.1) is 18.3 Å². The standard InChI is InChI=1S/C23H26N4O2/c1-4-17-6-5-7-19(12-17)21-15-27(14-16(2)29-21)23-25-20(13-22(28)26(23)3)18-8-10-24-11-9-18/h5-13,16,21H,4,14-15H2,1-3H3. The normalized spacial score (nSPS) is 19.3. The molecule has 0 saturated carbocycles. The molecular formula is C23H26N4O2. The molecule has 3 heterocycles. The first-order valence-electron chi connectivity index (χ1n) is 10.0. The molecule has 0 N–H and O–H groups in total. The number of anilines is 1. The molecular weight excluding hydrogens is 364 g/mol. The van der Waals surface area contributed by atoms with Crippen molar-refractivity contribution in [3.63, 3.8) is 0 Å². The second kappa shape index (κ2) is 8.17. The lowest BCUT2D eigenvalue weighted by atomic mass is 10.0. The maximum atomic E-state index is 12.6. The van der Waals surface area contributed by atoms with Crippen LogP contribution in [0.25, 0.3) is 11.3 Å². The van der Waals surface area contributed by atoms with E-state index < -0.39 is 0 Å². The molecule has 1 aromatic carbocycles. The van der Waals surface area contributed by atoms with Crippen LogP contribution in [0.2, 0.25) is 0 Å². The molecule has 1 saturated heterocycles. The Kier molecular flexibility index (Phi) is 5.45. The molecule has 2 unspecified atom stereocenters. The van der Waals surface area contributed by atoms with Gasteiger partial charge in [-0.1, -0.05) is 31.2 Å². The summed E-state index contributed by atoms with van der Waals surface area (Å²) in [6.45, 7) is 5.55. The predicted molar refractivity (Wildman–Crippen MR) is 114 cm³/mol. The van der Waals surface area contributed by atoms with Crippen LogP contribution in [0.5, 0.6) is 0 Å². The van der Waals surface area contributed by atoms with Crippen molar-refractivity contribution < 1.29 is 4.74 Å². The highest BCUT2D eigenvalue weighted by Gasteiger charge is 2.29. The van der Waals surface area contributed by atoms with Gasteiger partial charge < -0.3 is 9.64 Å². The summed E-state index contributed by atoms with van der Waals surface area (Å²) in [7, 11) is 1.77. The van der Waals surface area contributed by atoms with Gasteiger partial charge in [0.25, 0.3) is 5.56 Å². The SMILES string of the molecule is CCc1cccc(C2CN(c3nc(-c4ccncc4)cc(=O)n3C)CC(C)O2)c1. The van der Waals surface area contributed by atoms with Crippen molar-refractivity contribution in [1.29, 1.82) is 0 Å². The fraction of sp³-hybridized carbons (Fsp3) is 0.348. The second-order valence-electron chi connectivity index (χ2n) is 7.51. The Labute approximate surface area is 170 Å². The zero-order chi connectivity index (χ0) is 20.4. The number of nitrogens with zero attached hydrogens (tertiary/aromatic N) is 4. The summed E-state index contributed by atoms with van der Waals surface area (Å²) in [5, 5.41) is 0. The number of benzene rings is 1. The van der Waals surface area contributed by atoms with E-state index in [2.05, 4.69) is 48.0 Å². The van der Waals surface area contributed by atoms with Crippen molar-refractivity contribution >= 4 is 5.95 Å². The minimum absolute atomic E-state index is 0.0283. The molecule has 6 heteroatoms. The summed E-state index contributed by atoms with van der Waals surface area (Å²) >= 11 is 0. The third kappa shape index (κ3) is 4.07.